The molecular weight excluding hydrogens is 314 g/mol. The molecule has 0 radical (unpaired) electrons. The number of aromatic nitrogens is 5. The second-order valence-corrected chi connectivity index (χ2v) is 5.32. The van der Waals surface area contributed by atoms with E-state index in [1.807, 2.05) is 12.1 Å². The molecule has 0 atom stereocenters. The van der Waals surface area contributed by atoms with Gasteiger partial charge in [-0.1, -0.05) is 23.7 Å². The lowest BCUT2D eigenvalue weighted by Gasteiger charge is -2.13. The first-order valence-electron chi connectivity index (χ1n) is 6.87. The lowest BCUT2D eigenvalue weighted by molar-refractivity contribution is 0.761. The molecule has 23 heavy (non-hydrogen) atoms. The number of para-hydroxylation sites is 1. The summed E-state index contributed by atoms with van der Waals surface area (Å²) in [6.07, 6.45) is 2.90. The normalized spacial score (nSPS) is 11.0. The van der Waals surface area contributed by atoms with Crippen molar-refractivity contribution in [2.24, 2.45) is 0 Å². The van der Waals surface area contributed by atoms with Gasteiger partial charge in [0.15, 0.2) is 0 Å². The smallest absolute Gasteiger partial charge is 0.267 e. The first-order valence-corrected chi connectivity index (χ1v) is 7.24. The Kier molecular flexibility index (Phi) is 3.17. The number of benzene rings is 2. The molecule has 6 nitrogen and oxygen atoms in total. The number of hydrogen-bond donors (Lipinski definition) is 0. The van der Waals surface area contributed by atoms with Crippen LogP contribution in [0.4, 0.5) is 0 Å². The van der Waals surface area contributed by atoms with Crippen LogP contribution in [-0.4, -0.2) is 24.3 Å². The van der Waals surface area contributed by atoms with E-state index in [1.165, 1.54) is 21.9 Å². The topological polar surface area (TPSA) is 65.6 Å². The van der Waals surface area contributed by atoms with Crippen molar-refractivity contribution in [1.82, 2.24) is 24.3 Å². The van der Waals surface area contributed by atoms with Gasteiger partial charge in [0.2, 0.25) is 5.95 Å². The van der Waals surface area contributed by atoms with Crippen molar-refractivity contribution in [3.05, 3.63) is 76.6 Å². The molecule has 112 valence electrons. The summed E-state index contributed by atoms with van der Waals surface area (Å²) in [5.74, 6) is 0.369. The number of fused-ring (bicyclic) bond motifs is 1. The minimum atomic E-state index is -0.177. The SMILES string of the molecule is O=c1c2ccccc2nc(-n2cncn2)n1-c1ccc(Cl)cc1. The molecule has 0 aliphatic heterocycles. The van der Waals surface area contributed by atoms with Gasteiger partial charge in [-0.2, -0.15) is 9.78 Å². The molecule has 0 N–H and O–H groups in total. The standard InChI is InChI=1S/C16H10ClN5O/c17-11-5-7-12(8-6-11)22-15(23)13-3-1-2-4-14(13)20-16(22)21-10-18-9-19-21/h1-10H. The predicted molar refractivity (Wildman–Crippen MR) is 87.3 cm³/mol. The van der Waals surface area contributed by atoms with Gasteiger partial charge in [0.25, 0.3) is 5.56 Å². The molecule has 0 amide bonds. The molecule has 0 fully saturated rings. The Morgan fingerprint density at radius 2 is 1.78 bits per heavy atom. The van der Waals surface area contributed by atoms with E-state index >= 15 is 0 Å². The number of nitrogens with zero attached hydrogens (tertiary/aromatic N) is 5. The molecule has 0 bridgehead atoms. The summed E-state index contributed by atoms with van der Waals surface area (Å²) in [4.78, 5) is 21.5. The molecule has 7 heteroatoms. The summed E-state index contributed by atoms with van der Waals surface area (Å²) in [5, 5.41) is 5.22. The molecule has 0 aliphatic carbocycles. The number of halogens is 1. The van der Waals surface area contributed by atoms with Crippen molar-refractivity contribution >= 4 is 22.5 Å². The fourth-order valence-corrected chi connectivity index (χ4v) is 2.54. The maximum atomic E-state index is 13.0. The highest BCUT2D eigenvalue weighted by Crippen LogP contribution is 2.17. The highest BCUT2D eigenvalue weighted by Gasteiger charge is 2.14. The Hall–Kier alpha value is -2.99. The third-order valence-electron chi connectivity index (χ3n) is 3.47. The van der Waals surface area contributed by atoms with E-state index in [9.17, 15) is 4.79 Å². The molecule has 0 saturated carbocycles. The fraction of sp³-hybridized carbons (Fsp3) is 0. The third-order valence-corrected chi connectivity index (χ3v) is 3.72. The van der Waals surface area contributed by atoms with Gasteiger partial charge in [0.05, 0.1) is 16.6 Å². The second kappa shape index (κ2) is 5.33. The molecular formula is C16H10ClN5O. The van der Waals surface area contributed by atoms with E-state index in [-0.39, 0.29) is 5.56 Å². The first-order chi connectivity index (χ1) is 11.2. The molecule has 0 saturated heterocycles. The molecule has 0 spiro atoms. The molecule has 2 aromatic heterocycles. The van der Waals surface area contributed by atoms with E-state index in [1.54, 1.807) is 36.4 Å². The lowest BCUT2D eigenvalue weighted by atomic mass is 10.2. The first kappa shape index (κ1) is 13.7. The summed E-state index contributed by atoms with van der Waals surface area (Å²) >= 11 is 5.94. The van der Waals surface area contributed by atoms with E-state index < -0.39 is 0 Å². The molecule has 2 heterocycles. The van der Waals surface area contributed by atoms with Crippen LogP contribution in [0.5, 0.6) is 0 Å². The van der Waals surface area contributed by atoms with Crippen LogP contribution in [0.25, 0.3) is 22.5 Å². The van der Waals surface area contributed by atoms with Crippen molar-refractivity contribution < 1.29 is 0 Å². The van der Waals surface area contributed by atoms with Gasteiger partial charge >= 0.3 is 0 Å². The van der Waals surface area contributed by atoms with Crippen molar-refractivity contribution in [2.45, 2.75) is 0 Å². The summed E-state index contributed by atoms with van der Waals surface area (Å²) in [7, 11) is 0. The van der Waals surface area contributed by atoms with Gasteiger partial charge in [-0.25, -0.2) is 14.5 Å². The lowest BCUT2D eigenvalue weighted by Crippen LogP contribution is -2.24. The maximum Gasteiger partial charge on any atom is 0.267 e. The monoisotopic (exact) mass is 323 g/mol. The van der Waals surface area contributed by atoms with Crippen LogP contribution in [0.2, 0.25) is 5.02 Å². The summed E-state index contributed by atoms with van der Waals surface area (Å²) in [6.45, 7) is 0. The summed E-state index contributed by atoms with van der Waals surface area (Å²) < 4.78 is 2.95. The molecule has 0 unspecified atom stereocenters. The Balaban J connectivity index is 2.11. The van der Waals surface area contributed by atoms with E-state index in [0.29, 0.717) is 27.6 Å². The average molecular weight is 324 g/mol. The van der Waals surface area contributed by atoms with Gasteiger partial charge in [0.1, 0.15) is 12.7 Å². The predicted octanol–water partition coefficient (Wildman–Crippen LogP) is 2.62. The summed E-state index contributed by atoms with van der Waals surface area (Å²) in [6, 6.07) is 14.2. The number of rotatable bonds is 2. The zero-order valence-electron chi connectivity index (χ0n) is 11.8. The van der Waals surface area contributed by atoms with Crippen LogP contribution in [0, 0.1) is 0 Å². The van der Waals surface area contributed by atoms with Gasteiger partial charge < -0.3 is 0 Å². The zero-order chi connectivity index (χ0) is 15.8. The number of hydrogen-bond acceptors (Lipinski definition) is 4. The van der Waals surface area contributed by atoms with Crippen molar-refractivity contribution in [3.63, 3.8) is 0 Å². The molecule has 2 aromatic carbocycles. The van der Waals surface area contributed by atoms with Crippen LogP contribution in [0.3, 0.4) is 0 Å². The zero-order valence-corrected chi connectivity index (χ0v) is 12.6. The van der Waals surface area contributed by atoms with Gasteiger partial charge in [0, 0.05) is 5.02 Å². The van der Waals surface area contributed by atoms with E-state index in [0.717, 1.165) is 0 Å². The average Bonchev–Trinajstić information content (AvgIpc) is 3.10. The van der Waals surface area contributed by atoms with Crippen molar-refractivity contribution in [3.8, 4) is 11.6 Å². The van der Waals surface area contributed by atoms with Gasteiger partial charge in [-0.3, -0.25) is 4.79 Å². The Morgan fingerprint density at radius 1 is 1.00 bits per heavy atom. The van der Waals surface area contributed by atoms with Crippen LogP contribution in [-0.2, 0) is 0 Å². The highest BCUT2D eigenvalue weighted by molar-refractivity contribution is 6.30. The van der Waals surface area contributed by atoms with Crippen LogP contribution in [0.15, 0.2) is 66.0 Å². The molecule has 0 aliphatic rings. The van der Waals surface area contributed by atoms with Gasteiger partial charge in [-0.15, -0.1) is 0 Å². The fourth-order valence-electron chi connectivity index (χ4n) is 2.41. The quantitative estimate of drug-likeness (QED) is 0.569. The third kappa shape index (κ3) is 2.29. The largest absolute Gasteiger partial charge is 0.268 e. The van der Waals surface area contributed by atoms with Crippen molar-refractivity contribution in [1.29, 1.82) is 0 Å². The van der Waals surface area contributed by atoms with Crippen LogP contribution in [0.1, 0.15) is 0 Å². The Morgan fingerprint density at radius 3 is 2.52 bits per heavy atom. The Bertz CT molecular complexity index is 1040. The summed E-state index contributed by atoms with van der Waals surface area (Å²) in [5.41, 5.74) is 1.08. The maximum absolute atomic E-state index is 13.0. The molecule has 4 rings (SSSR count). The van der Waals surface area contributed by atoms with Crippen molar-refractivity contribution in [2.75, 3.05) is 0 Å². The van der Waals surface area contributed by atoms with E-state index in [2.05, 4.69) is 15.1 Å². The van der Waals surface area contributed by atoms with E-state index in [4.69, 9.17) is 11.6 Å². The molecule has 4 aromatic rings. The minimum Gasteiger partial charge on any atom is -0.268 e. The second-order valence-electron chi connectivity index (χ2n) is 4.89. The van der Waals surface area contributed by atoms with Crippen LogP contribution < -0.4 is 5.56 Å². The van der Waals surface area contributed by atoms with Gasteiger partial charge in [-0.05, 0) is 36.4 Å². The van der Waals surface area contributed by atoms with Crippen LogP contribution >= 0.6 is 11.6 Å². The minimum absolute atomic E-state index is 0.177. The Labute approximate surface area is 135 Å². The highest BCUT2D eigenvalue weighted by atomic mass is 35.5.